The number of hydrogen-bond donors (Lipinski definition) is 4. The van der Waals surface area contributed by atoms with Crippen LogP contribution in [0.1, 0.15) is 34.0 Å². The zero-order valence-electron chi connectivity index (χ0n) is 20.2. The average Bonchev–Trinajstić information content (AvgIpc) is 3.29. The predicted molar refractivity (Wildman–Crippen MR) is 141 cm³/mol. The number of ether oxygens (including phenoxy) is 1. The van der Waals surface area contributed by atoms with Gasteiger partial charge in [-0.2, -0.15) is 0 Å². The number of carbonyl (C=O) groups excluding carboxylic acids is 1. The summed E-state index contributed by atoms with van der Waals surface area (Å²) in [5, 5.41) is 19.3. The molecule has 38 heavy (non-hydrogen) atoms. The van der Waals surface area contributed by atoms with Gasteiger partial charge in [0.15, 0.2) is 0 Å². The number of nitrogens with one attached hydrogen (secondary N) is 2. The lowest BCUT2D eigenvalue weighted by Gasteiger charge is -2.29. The molecule has 196 valence electrons. The van der Waals surface area contributed by atoms with Crippen molar-refractivity contribution in [2.75, 3.05) is 6.61 Å². The molecule has 1 unspecified atom stereocenters. The molecule has 4 aromatic rings. The molecule has 0 saturated heterocycles. The lowest BCUT2D eigenvalue weighted by atomic mass is 9.92. The normalized spacial score (nSPS) is 12.9. The van der Waals surface area contributed by atoms with Crippen molar-refractivity contribution >= 4 is 28.8 Å². The van der Waals surface area contributed by atoms with Gasteiger partial charge < -0.3 is 20.1 Å². The predicted octanol–water partition coefficient (Wildman–Crippen LogP) is 5.16. The fourth-order valence-corrected chi connectivity index (χ4v) is 4.32. The highest BCUT2D eigenvalue weighted by atomic mass is 32.2. The number of halogens is 3. The maximum absolute atomic E-state index is 13.3. The molecule has 3 aromatic carbocycles. The Morgan fingerprint density at radius 2 is 1.82 bits per heavy atom. The number of amides is 1. The topological polar surface area (TPSA) is 100 Å². The van der Waals surface area contributed by atoms with Crippen molar-refractivity contribution in [2.24, 2.45) is 5.14 Å². The van der Waals surface area contributed by atoms with E-state index in [9.17, 15) is 23.1 Å². The Bertz CT molecular complexity index is 1520. The van der Waals surface area contributed by atoms with E-state index in [1.54, 1.807) is 31.3 Å². The first-order valence-electron chi connectivity index (χ1n) is 11.5. The van der Waals surface area contributed by atoms with Crippen molar-refractivity contribution in [1.82, 2.24) is 10.3 Å². The molecule has 1 amide bonds. The van der Waals surface area contributed by atoms with E-state index >= 15 is 0 Å². The van der Waals surface area contributed by atoms with Crippen LogP contribution in [-0.2, 0) is 6.42 Å². The largest absolute Gasteiger partial charge is 0.573 e. The van der Waals surface area contributed by atoms with Crippen molar-refractivity contribution in [1.29, 1.82) is 0 Å². The summed E-state index contributed by atoms with van der Waals surface area (Å²) in [6.45, 7) is 1.16. The number of carbonyl (C=O) groups is 1. The van der Waals surface area contributed by atoms with Crippen LogP contribution in [0.25, 0.3) is 10.9 Å². The number of benzene rings is 3. The number of alkyl halides is 3. The maximum Gasteiger partial charge on any atom is 0.573 e. The number of nitrogens with two attached hydrogens (primary N) is 1. The number of H-pyrrole nitrogens is 1. The second-order valence-electron chi connectivity index (χ2n) is 8.86. The van der Waals surface area contributed by atoms with Gasteiger partial charge >= 0.3 is 6.36 Å². The highest BCUT2D eigenvalue weighted by molar-refractivity contribution is 7.97. The molecule has 1 atom stereocenters. The van der Waals surface area contributed by atoms with Gasteiger partial charge in [0.1, 0.15) is 5.75 Å². The van der Waals surface area contributed by atoms with Gasteiger partial charge in [-0.3, -0.25) is 9.93 Å². The highest BCUT2D eigenvalue weighted by Crippen LogP contribution is 2.29. The first-order valence-corrected chi connectivity index (χ1v) is 12.3. The van der Waals surface area contributed by atoms with Gasteiger partial charge in [0.2, 0.25) is 0 Å². The van der Waals surface area contributed by atoms with Gasteiger partial charge in [0, 0.05) is 33.1 Å². The molecule has 0 radical (unpaired) electrons. The number of rotatable bonds is 7. The second kappa shape index (κ2) is 11.2. The van der Waals surface area contributed by atoms with Gasteiger partial charge in [-0.1, -0.05) is 36.1 Å². The fraction of sp³-hybridized carbons (Fsp3) is 0.179. The molecule has 0 saturated carbocycles. The van der Waals surface area contributed by atoms with Gasteiger partial charge in [0.05, 0.1) is 17.7 Å². The molecular formula is C28H24F3N3O3S. The van der Waals surface area contributed by atoms with E-state index in [2.05, 4.69) is 26.9 Å². The molecule has 0 fully saturated rings. The van der Waals surface area contributed by atoms with Crippen molar-refractivity contribution in [2.45, 2.75) is 30.1 Å². The van der Waals surface area contributed by atoms with Crippen LogP contribution in [-0.4, -0.2) is 34.5 Å². The van der Waals surface area contributed by atoms with Crippen LogP contribution in [0.2, 0.25) is 0 Å². The van der Waals surface area contributed by atoms with Crippen LogP contribution in [0.3, 0.4) is 0 Å². The van der Waals surface area contributed by atoms with E-state index in [0.29, 0.717) is 11.1 Å². The molecule has 6 nitrogen and oxygen atoms in total. The number of aliphatic hydroxyl groups excluding tert-OH is 1. The van der Waals surface area contributed by atoms with Crippen molar-refractivity contribution in [3.63, 3.8) is 0 Å². The molecule has 0 aliphatic heterocycles. The fourth-order valence-electron chi connectivity index (χ4n) is 3.97. The number of fused-ring (bicyclic) bond motifs is 1. The summed E-state index contributed by atoms with van der Waals surface area (Å²) in [7, 11) is 0. The molecule has 4 rings (SSSR count). The van der Waals surface area contributed by atoms with Crippen LogP contribution >= 0.6 is 11.9 Å². The molecule has 0 bridgehead atoms. The second-order valence-corrected chi connectivity index (χ2v) is 9.57. The highest BCUT2D eigenvalue weighted by Gasteiger charge is 2.34. The summed E-state index contributed by atoms with van der Waals surface area (Å²) >= 11 is 1.06. The van der Waals surface area contributed by atoms with Crippen LogP contribution < -0.4 is 15.2 Å². The lowest BCUT2D eigenvalue weighted by Crippen LogP contribution is -2.50. The summed E-state index contributed by atoms with van der Waals surface area (Å²) in [5.41, 5.74) is 1.13. The minimum atomic E-state index is -5.01. The third-order valence-electron chi connectivity index (χ3n) is 5.79. The molecule has 0 aliphatic rings. The van der Waals surface area contributed by atoms with E-state index in [1.165, 1.54) is 12.1 Å². The first-order chi connectivity index (χ1) is 18.1. The standard InChI is InChI=1S/C28H24F3N3O3S/c1-27(17-35,15-20-16-33-24-8-3-2-7-22(20)24)34-26(36)23-14-19(11-12-25(23)37-28(29,30)31)10-9-18-5-4-6-21(13-18)38-32/h2-8,11-14,16,33,35H,15,17,32H2,1H3,(H,34,36). The Balaban J connectivity index is 1.64. The molecule has 10 heteroatoms. The molecule has 0 spiro atoms. The third kappa shape index (κ3) is 6.69. The number of para-hydroxylation sites is 1. The van der Waals surface area contributed by atoms with Crippen LogP contribution in [0.4, 0.5) is 13.2 Å². The van der Waals surface area contributed by atoms with Gasteiger partial charge in [0.25, 0.3) is 5.91 Å². The average molecular weight is 540 g/mol. The SMILES string of the molecule is CC(CO)(Cc1c[nH]c2ccccc12)NC(=O)c1cc(C#Cc2cccc(SN)c2)ccc1OC(F)(F)F. The minimum Gasteiger partial charge on any atom is -0.405 e. The van der Waals surface area contributed by atoms with Crippen LogP contribution in [0.15, 0.2) is 77.8 Å². The van der Waals surface area contributed by atoms with E-state index in [-0.39, 0.29) is 12.0 Å². The number of aliphatic hydroxyl groups is 1. The molecule has 1 aromatic heterocycles. The first kappa shape index (κ1) is 27.1. The summed E-state index contributed by atoms with van der Waals surface area (Å²) in [6, 6.07) is 18.3. The van der Waals surface area contributed by atoms with E-state index < -0.39 is 30.2 Å². The molecule has 1 heterocycles. The van der Waals surface area contributed by atoms with Gasteiger partial charge in [-0.15, -0.1) is 13.2 Å². The van der Waals surface area contributed by atoms with Crippen molar-refractivity contribution < 1.29 is 27.8 Å². The summed E-state index contributed by atoms with van der Waals surface area (Å²) in [4.78, 5) is 17.2. The Morgan fingerprint density at radius 3 is 2.53 bits per heavy atom. The maximum atomic E-state index is 13.3. The van der Waals surface area contributed by atoms with Gasteiger partial charge in [-0.05, 0) is 73.3 Å². The van der Waals surface area contributed by atoms with Crippen molar-refractivity contribution in [3.8, 4) is 17.6 Å². The number of aromatic nitrogens is 1. The number of hydrogen-bond acceptors (Lipinski definition) is 5. The Morgan fingerprint density at radius 1 is 1.08 bits per heavy atom. The summed E-state index contributed by atoms with van der Waals surface area (Å²) in [5.74, 6) is 4.27. The monoisotopic (exact) mass is 539 g/mol. The Labute approximate surface area is 221 Å². The minimum absolute atomic E-state index is 0.226. The van der Waals surface area contributed by atoms with Crippen LogP contribution in [0.5, 0.6) is 5.75 Å². The van der Waals surface area contributed by atoms with Crippen molar-refractivity contribution in [3.05, 3.63) is 95.2 Å². The molecule has 0 aliphatic carbocycles. The molecular weight excluding hydrogens is 515 g/mol. The quantitative estimate of drug-likeness (QED) is 0.192. The Kier molecular flexibility index (Phi) is 8.02. The zero-order chi connectivity index (χ0) is 27.3. The zero-order valence-corrected chi connectivity index (χ0v) is 21.0. The summed E-state index contributed by atoms with van der Waals surface area (Å²) in [6.07, 6.45) is -3.01. The summed E-state index contributed by atoms with van der Waals surface area (Å²) < 4.78 is 43.4. The smallest absolute Gasteiger partial charge is 0.405 e. The Hall–Kier alpha value is -3.91. The molecule has 5 N–H and O–H groups in total. The van der Waals surface area contributed by atoms with E-state index in [1.807, 2.05) is 30.3 Å². The van der Waals surface area contributed by atoms with Gasteiger partial charge in [-0.25, -0.2) is 0 Å². The van der Waals surface area contributed by atoms with Crippen LogP contribution in [0, 0.1) is 11.8 Å². The van der Waals surface area contributed by atoms with E-state index in [4.69, 9.17) is 5.14 Å². The third-order valence-corrected chi connectivity index (χ3v) is 6.32. The number of aromatic amines is 1. The lowest BCUT2D eigenvalue weighted by molar-refractivity contribution is -0.274. The van der Waals surface area contributed by atoms with E-state index in [0.717, 1.165) is 39.4 Å².